The predicted molar refractivity (Wildman–Crippen MR) is 66.8 cm³/mol. The average Bonchev–Trinajstić information content (AvgIpc) is 3.10. The summed E-state index contributed by atoms with van der Waals surface area (Å²) in [5, 5.41) is 3.61. The fourth-order valence-electron chi connectivity index (χ4n) is 1.85. The van der Waals surface area contributed by atoms with Crippen LogP contribution >= 0.6 is 0 Å². The van der Waals surface area contributed by atoms with Crippen LogP contribution in [-0.2, 0) is 12.7 Å². The molecule has 0 aliphatic heterocycles. The van der Waals surface area contributed by atoms with Crippen molar-refractivity contribution in [3.63, 3.8) is 0 Å². The van der Waals surface area contributed by atoms with Gasteiger partial charge in [-0.2, -0.15) is 18.2 Å². The van der Waals surface area contributed by atoms with Gasteiger partial charge in [-0.15, -0.1) is 0 Å². The third-order valence-electron chi connectivity index (χ3n) is 2.84. The highest BCUT2D eigenvalue weighted by Crippen LogP contribution is 2.26. The van der Waals surface area contributed by atoms with Crippen molar-refractivity contribution in [2.75, 3.05) is 0 Å². The van der Waals surface area contributed by atoms with E-state index in [4.69, 9.17) is 8.94 Å². The fraction of sp³-hybridized carbons (Fsp3) is 0.154. The van der Waals surface area contributed by atoms with Crippen molar-refractivity contribution in [3.8, 4) is 11.7 Å². The van der Waals surface area contributed by atoms with Gasteiger partial charge in [-0.3, -0.25) is 4.79 Å². The summed E-state index contributed by atoms with van der Waals surface area (Å²) in [6.45, 7) is -0.243. The van der Waals surface area contributed by atoms with Gasteiger partial charge in [0, 0.05) is 6.20 Å². The molecular weight excluding hydrogens is 303 g/mol. The number of hydrogen-bond donors (Lipinski definition) is 0. The first-order valence-electron chi connectivity index (χ1n) is 6.08. The monoisotopic (exact) mass is 311 g/mol. The molecule has 0 spiro atoms. The first-order valence-corrected chi connectivity index (χ1v) is 6.08. The zero-order chi connectivity index (χ0) is 15.7. The molecule has 0 saturated carbocycles. The topological polar surface area (TPSA) is 74.1 Å². The van der Waals surface area contributed by atoms with Crippen LogP contribution in [0.1, 0.15) is 11.4 Å². The first kappa shape index (κ1) is 14.1. The summed E-state index contributed by atoms with van der Waals surface area (Å²) in [5.41, 5.74) is -2.41. The lowest BCUT2D eigenvalue weighted by Crippen LogP contribution is -2.28. The lowest BCUT2D eigenvalue weighted by atomic mass is 10.2. The van der Waals surface area contributed by atoms with Gasteiger partial charge in [0.15, 0.2) is 11.6 Å². The summed E-state index contributed by atoms with van der Waals surface area (Å²) < 4.78 is 48.9. The first-order chi connectivity index (χ1) is 10.4. The number of hydrogen-bond acceptors (Lipinski definition) is 5. The Hall–Kier alpha value is -2.84. The molecule has 0 fully saturated rings. The lowest BCUT2D eigenvalue weighted by Gasteiger charge is -2.08. The molecule has 22 heavy (non-hydrogen) atoms. The lowest BCUT2D eigenvalue weighted by molar-refractivity contribution is -0.138. The highest BCUT2D eigenvalue weighted by atomic mass is 19.4. The third-order valence-corrected chi connectivity index (χ3v) is 2.84. The van der Waals surface area contributed by atoms with Gasteiger partial charge in [0.1, 0.15) is 5.56 Å². The van der Waals surface area contributed by atoms with Crippen molar-refractivity contribution in [1.82, 2.24) is 14.7 Å². The summed E-state index contributed by atoms with van der Waals surface area (Å²) in [6, 6.07) is 5.07. The molecule has 3 aromatic heterocycles. The highest BCUT2D eigenvalue weighted by Gasteiger charge is 2.34. The number of halogens is 3. The maximum Gasteiger partial charge on any atom is 0.421 e. The standard InChI is InChI=1S/C13H8F3N3O3/c14-13(15,16)8-3-1-5-19(12(8)20)7-10-17-11(22-18-10)9-4-2-6-21-9/h1-6H,7H2. The number of alkyl halides is 3. The molecule has 0 aliphatic carbocycles. The van der Waals surface area contributed by atoms with Gasteiger partial charge in [0.2, 0.25) is 0 Å². The van der Waals surface area contributed by atoms with Crippen molar-refractivity contribution in [3.05, 3.63) is 58.5 Å². The Morgan fingerprint density at radius 1 is 1.23 bits per heavy atom. The Balaban J connectivity index is 1.90. The largest absolute Gasteiger partial charge is 0.459 e. The Kier molecular flexibility index (Phi) is 3.32. The van der Waals surface area contributed by atoms with E-state index in [0.717, 1.165) is 16.7 Å². The van der Waals surface area contributed by atoms with Crippen LogP contribution in [0.2, 0.25) is 0 Å². The fourth-order valence-corrected chi connectivity index (χ4v) is 1.85. The van der Waals surface area contributed by atoms with Crippen molar-refractivity contribution >= 4 is 0 Å². The minimum atomic E-state index is -4.71. The van der Waals surface area contributed by atoms with E-state index >= 15 is 0 Å². The molecule has 114 valence electrons. The second kappa shape index (κ2) is 5.17. The molecule has 3 rings (SSSR count). The summed E-state index contributed by atoms with van der Waals surface area (Å²) in [5.74, 6) is 0.475. The van der Waals surface area contributed by atoms with Gasteiger partial charge in [-0.25, -0.2) is 0 Å². The van der Waals surface area contributed by atoms with Gasteiger partial charge in [-0.05, 0) is 24.3 Å². The van der Waals surface area contributed by atoms with Crippen LogP contribution in [0.25, 0.3) is 11.7 Å². The number of pyridine rings is 1. The van der Waals surface area contributed by atoms with Gasteiger partial charge >= 0.3 is 6.18 Å². The quantitative estimate of drug-likeness (QED) is 0.743. The van der Waals surface area contributed by atoms with Crippen molar-refractivity contribution in [2.45, 2.75) is 12.7 Å². The van der Waals surface area contributed by atoms with Gasteiger partial charge in [0.05, 0.1) is 12.8 Å². The summed E-state index contributed by atoms with van der Waals surface area (Å²) in [6.07, 6.45) is -2.08. The van der Waals surface area contributed by atoms with Crippen LogP contribution < -0.4 is 5.56 Å². The predicted octanol–water partition coefficient (Wildman–Crippen LogP) is 2.56. The zero-order valence-corrected chi connectivity index (χ0v) is 10.9. The minimum absolute atomic E-state index is 0.0628. The van der Waals surface area contributed by atoms with E-state index in [1.807, 2.05) is 0 Å². The average molecular weight is 311 g/mol. The van der Waals surface area contributed by atoms with Crippen LogP contribution in [-0.4, -0.2) is 14.7 Å². The molecule has 0 aliphatic rings. The van der Waals surface area contributed by atoms with Crippen LogP contribution in [0, 0.1) is 0 Å². The van der Waals surface area contributed by atoms with E-state index in [2.05, 4.69) is 10.1 Å². The SMILES string of the molecule is O=c1c(C(F)(F)F)cccn1Cc1noc(-c2ccco2)n1. The molecule has 0 unspecified atom stereocenters. The summed E-state index contributed by atoms with van der Waals surface area (Å²) >= 11 is 0. The van der Waals surface area contributed by atoms with Gasteiger partial charge in [-0.1, -0.05) is 5.16 Å². The molecule has 3 aromatic rings. The van der Waals surface area contributed by atoms with Crippen LogP contribution in [0.5, 0.6) is 0 Å². The molecule has 0 radical (unpaired) electrons. The Morgan fingerprint density at radius 3 is 2.73 bits per heavy atom. The van der Waals surface area contributed by atoms with E-state index in [9.17, 15) is 18.0 Å². The second-order valence-electron chi connectivity index (χ2n) is 4.35. The van der Waals surface area contributed by atoms with Gasteiger partial charge in [0.25, 0.3) is 11.4 Å². The zero-order valence-electron chi connectivity index (χ0n) is 10.9. The molecule has 6 nitrogen and oxygen atoms in total. The number of rotatable bonds is 3. The molecule has 0 saturated heterocycles. The third kappa shape index (κ3) is 2.65. The van der Waals surface area contributed by atoms with E-state index in [1.54, 1.807) is 12.1 Å². The molecule has 0 amide bonds. The van der Waals surface area contributed by atoms with Crippen molar-refractivity contribution in [1.29, 1.82) is 0 Å². The molecule has 9 heteroatoms. The van der Waals surface area contributed by atoms with Crippen molar-refractivity contribution < 1.29 is 22.1 Å². The summed E-state index contributed by atoms with van der Waals surface area (Å²) in [7, 11) is 0. The van der Waals surface area contributed by atoms with Crippen molar-refractivity contribution in [2.24, 2.45) is 0 Å². The maximum absolute atomic E-state index is 12.7. The maximum atomic E-state index is 12.7. The van der Waals surface area contributed by atoms with E-state index in [-0.39, 0.29) is 18.3 Å². The van der Waals surface area contributed by atoms with Crippen LogP contribution in [0.3, 0.4) is 0 Å². The molecule has 0 atom stereocenters. The Morgan fingerprint density at radius 2 is 2.05 bits per heavy atom. The highest BCUT2D eigenvalue weighted by molar-refractivity contribution is 5.42. The van der Waals surface area contributed by atoms with E-state index < -0.39 is 17.3 Å². The molecule has 0 aromatic carbocycles. The smallest absolute Gasteiger partial charge is 0.421 e. The van der Waals surface area contributed by atoms with Gasteiger partial charge < -0.3 is 13.5 Å². The van der Waals surface area contributed by atoms with E-state index in [0.29, 0.717) is 5.76 Å². The summed E-state index contributed by atoms with van der Waals surface area (Å²) in [4.78, 5) is 15.8. The molecule has 3 heterocycles. The second-order valence-corrected chi connectivity index (χ2v) is 4.35. The van der Waals surface area contributed by atoms with Crippen LogP contribution in [0.4, 0.5) is 13.2 Å². The number of nitrogens with zero attached hydrogens (tertiary/aromatic N) is 3. The van der Waals surface area contributed by atoms with Crippen LogP contribution in [0.15, 0.2) is 50.5 Å². The molecule has 0 N–H and O–H groups in total. The normalized spacial score (nSPS) is 11.8. The number of furan rings is 1. The van der Waals surface area contributed by atoms with E-state index in [1.165, 1.54) is 12.5 Å². The minimum Gasteiger partial charge on any atom is -0.459 e. The molecular formula is C13H8F3N3O3. The molecule has 0 bridgehead atoms. The Labute approximate surface area is 120 Å². The number of aromatic nitrogens is 3. The Bertz CT molecular complexity index is 834.